The van der Waals surface area contributed by atoms with Gasteiger partial charge in [0.2, 0.25) is 23.6 Å². The SMILES string of the molecule is CCCN(Cc1ncc(-c2ccc(-c3ccc(-c4cnc(CN(CCC)C(=O)C(NC(=O)C5CCC5)c5ccccc5)s4)cc3)cc2)s1)C(=O)C(NC(=O)C1CCC1)c1ccccc1. The first-order valence-electron chi connectivity index (χ1n) is 22.7. The molecular formula is C52H56N6O4S2. The molecule has 2 aliphatic rings. The van der Waals surface area contributed by atoms with Crippen molar-refractivity contribution < 1.29 is 19.2 Å². The molecule has 2 aliphatic carbocycles. The van der Waals surface area contributed by atoms with E-state index in [0.717, 1.165) is 105 Å². The lowest BCUT2D eigenvalue weighted by Crippen LogP contribution is -2.45. The minimum absolute atomic E-state index is 0.0179. The van der Waals surface area contributed by atoms with Crippen molar-refractivity contribution >= 4 is 46.3 Å². The lowest BCUT2D eigenvalue weighted by atomic mass is 9.84. The highest BCUT2D eigenvalue weighted by atomic mass is 32.1. The molecule has 4 amide bonds. The molecule has 2 aromatic heterocycles. The van der Waals surface area contributed by atoms with Gasteiger partial charge in [-0.15, -0.1) is 22.7 Å². The Kier molecular flexibility index (Phi) is 14.7. The topological polar surface area (TPSA) is 125 Å². The second kappa shape index (κ2) is 21.1. The number of carbonyl (C=O) groups excluding carboxylic acids is 4. The molecule has 12 heteroatoms. The Balaban J connectivity index is 0.903. The summed E-state index contributed by atoms with van der Waals surface area (Å²) < 4.78 is 0. The minimum Gasteiger partial charge on any atom is -0.340 e. The van der Waals surface area contributed by atoms with Gasteiger partial charge in [-0.05, 0) is 71.9 Å². The molecule has 10 nitrogen and oxygen atoms in total. The van der Waals surface area contributed by atoms with E-state index >= 15 is 0 Å². The quantitative estimate of drug-likeness (QED) is 0.0835. The van der Waals surface area contributed by atoms with Crippen molar-refractivity contribution in [2.24, 2.45) is 11.8 Å². The molecular weight excluding hydrogens is 837 g/mol. The first kappa shape index (κ1) is 44.6. The summed E-state index contributed by atoms with van der Waals surface area (Å²) in [6.07, 6.45) is 10.9. The highest BCUT2D eigenvalue weighted by Crippen LogP contribution is 2.34. The van der Waals surface area contributed by atoms with E-state index in [1.807, 2.05) is 82.9 Å². The van der Waals surface area contributed by atoms with Crippen molar-refractivity contribution in [1.29, 1.82) is 0 Å². The first-order valence-corrected chi connectivity index (χ1v) is 24.3. The van der Waals surface area contributed by atoms with E-state index in [1.54, 1.807) is 22.7 Å². The van der Waals surface area contributed by atoms with Crippen LogP contribution in [0.1, 0.15) is 98.4 Å². The van der Waals surface area contributed by atoms with E-state index in [9.17, 15) is 19.2 Å². The van der Waals surface area contributed by atoms with Crippen molar-refractivity contribution in [3.63, 3.8) is 0 Å². The van der Waals surface area contributed by atoms with Crippen LogP contribution in [0.25, 0.3) is 32.0 Å². The predicted octanol–water partition coefficient (Wildman–Crippen LogP) is 10.4. The number of nitrogens with zero attached hydrogens (tertiary/aromatic N) is 4. The van der Waals surface area contributed by atoms with Gasteiger partial charge in [-0.2, -0.15) is 0 Å². The number of amides is 4. The van der Waals surface area contributed by atoms with Gasteiger partial charge >= 0.3 is 0 Å². The molecule has 330 valence electrons. The second-order valence-corrected chi connectivity index (χ2v) is 19.1. The molecule has 2 fully saturated rings. The lowest BCUT2D eigenvalue weighted by molar-refractivity contribution is -0.139. The minimum atomic E-state index is -0.739. The van der Waals surface area contributed by atoms with Gasteiger partial charge < -0.3 is 20.4 Å². The summed E-state index contributed by atoms with van der Waals surface area (Å²) in [6, 6.07) is 34.5. The summed E-state index contributed by atoms with van der Waals surface area (Å²) in [5, 5.41) is 7.84. The number of benzene rings is 4. The maximum absolute atomic E-state index is 14.1. The molecule has 0 saturated heterocycles. The largest absolute Gasteiger partial charge is 0.340 e. The van der Waals surface area contributed by atoms with Crippen molar-refractivity contribution in [1.82, 2.24) is 30.4 Å². The van der Waals surface area contributed by atoms with Crippen LogP contribution in [-0.2, 0) is 32.3 Å². The summed E-state index contributed by atoms with van der Waals surface area (Å²) in [4.78, 5) is 69.5. The average Bonchev–Trinajstić information content (AvgIpc) is 3.96. The molecule has 4 aromatic carbocycles. The van der Waals surface area contributed by atoms with Crippen LogP contribution in [-0.4, -0.2) is 56.5 Å². The smallest absolute Gasteiger partial charge is 0.250 e. The molecule has 64 heavy (non-hydrogen) atoms. The average molecular weight is 893 g/mol. The highest BCUT2D eigenvalue weighted by molar-refractivity contribution is 7.15. The summed E-state index contributed by atoms with van der Waals surface area (Å²) in [7, 11) is 0. The van der Waals surface area contributed by atoms with Gasteiger partial charge in [-0.3, -0.25) is 19.2 Å². The predicted molar refractivity (Wildman–Crippen MR) is 255 cm³/mol. The highest BCUT2D eigenvalue weighted by Gasteiger charge is 2.34. The number of thiazole rings is 2. The Morgan fingerprint density at radius 2 is 0.906 bits per heavy atom. The Morgan fingerprint density at radius 3 is 1.23 bits per heavy atom. The summed E-state index contributed by atoms with van der Waals surface area (Å²) in [6.45, 7) is 5.97. The van der Waals surface area contributed by atoms with Gasteiger partial charge in [-0.1, -0.05) is 136 Å². The van der Waals surface area contributed by atoms with Gasteiger partial charge in [0.25, 0.3) is 0 Å². The van der Waals surface area contributed by atoms with E-state index in [2.05, 4.69) is 73.0 Å². The van der Waals surface area contributed by atoms with E-state index in [1.165, 1.54) is 0 Å². The molecule has 0 aliphatic heterocycles. The molecule has 8 rings (SSSR count). The van der Waals surface area contributed by atoms with Crippen LogP contribution in [0, 0.1) is 11.8 Å². The van der Waals surface area contributed by atoms with E-state index < -0.39 is 12.1 Å². The zero-order valence-corrected chi connectivity index (χ0v) is 38.2. The third-order valence-corrected chi connectivity index (χ3v) is 14.4. The second-order valence-electron chi connectivity index (χ2n) is 16.9. The van der Waals surface area contributed by atoms with Crippen LogP contribution in [0.4, 0.5) is 0 Å². The van der Waals surface area contributed by atoms with Crippen LogP contribution in [0.3, 0.4) is 0 Å². The molecule has 2 atom stereocenters. The fourth-order valence-corrected chi connectivity index (χ4v) is 10.1. The zero-order valence-electron chi connectivity index (χ0n) is 36.6. The van der Waals surface area contributed by atoms with Gasteiger partial charge in [0.15, 0.2) is 0 Å². The van der Waals surface area contributed by atoms with Crippen LogP contribution in [0.2, 0.25) is 0 Å². The van der Waals surface area contributed by atoms with E-state index in [-0.39, 0.29) is 35.5 Å². The Hall–Kier alpha value is -5.98. The lowest BCUT2D eigenvalue weighted by Gasteiger charge is -2.30. The molecule has 2 heterocycles. The van der Waals surface area contributed by atoms with Crippen LogP contribution in [0.5, 0.6) is 0 Å². The molecule has 0 bridgehead atoms. The molecule has 6 aromatic rings. The van der Waals surface area contributed by atoms with E-state index in [0.29, 0.717) is 26.2 Å². The Labute approximate surface area is 384 Å². The zero-order chi connectivity index (χ0) is 44.4. The maximum atomic E-state index is 14.1. The van der Waals surface area contributed by atoms with Crippen LogP contribution in [0.15, 0.2) is 122 Å². The van der Waals surface area contributed by atoms with E-state index in [4.69, 9.17) is 9.97 Å². The van der Waals surface area contributed by atoms with Crippen LogP contribution < -0.4 is 10.6 Å². The monoisotopic (exact) mass is 892 g/mol. The van der Waals surface area contributed by atoms with Crippen molar-refractivity contribution in [3.8, 4) is 32.0 Å². The number of carbonyl (C=O) groups is 4. The third kappa shape index (κ3) is 10.7. The summed E-state index contributed by atoms with van der Waals surface area (Å²) >= 11 is 3.16. The van der Waals surface area contributed by atoms with Crippen molar-refractivity contribution in [3.05, 3.63) is 143 Å². The van der Waals surface area contributed by atoms with Gasteiger partial charge in [0, 0.05) is 37.3 Å². The number of hydrogen-bond acceptors (Lipinski definition) is 8. The number of nitrogens with one attached hydrogen (secondary N) is 2. The summed E-state index contributed by atoms with van der Waals surface area (Å²) in [5.74, 6) is -0.361. The maximum Gasteiger partial charge on any atom is 0.250 e. The molecule has 2 unspecified atom stereocenters. The van der Waals surface area contributed by atoms with Gasteiger partial charge in [-0.25, -0.2) is 9.97 Å². The Morgan fingerprint density at radius 1 is 0.547 bits per heavy atom. The summed E-state index contributed by atoms with van der Waals surface area (Å²) in [5.41, 5.74) is 5.85. The number of aromatic nitrogens is 2. The molecule has 2 saturated carbocycles. The molecule has 0 spiro atoms. The van der Waals surface area contributed by atoms with Gasteiger partial charge in [0.05, 0.1) is 22.8 Å². The first-order chi connectivity index (χ1) is 31.3. The van der Waals surface area contributed by atoms with Crippen molar-refractivity contribution in [2.75, 3.05) is 13.1 Å². The molecule has 0 radical (unpaired) electrons. The van der Waals surface area contributed by atoms with Crippen molar-refractivity contribution in [2.45, 2.75) is 90.4 Å². The fourth-order valence-electron chi connectivity index (χ4n) is 8.18. The molecule has 2 N–H and O–H groups in total. The third-order valence-electron chi connectivity index (χ3n) is 12.3. The Bertz CT molecular complexity index is 2320. The fraction of sp³-hybridized carbons (Fsp3) is 0.346. The normalized spacial score (nSPS) is 14.7. The van der Waals surface area contributed by atoms with Crippen LogP contribution >= 0.6 is 22.7 Å². The number of rotatable bonds is 19. The van der Waals surface area contributed by atoms with Gasteiger partial charge in [0.1, 0.15) is 22.1 Å². The number of hydrogen-bond donors (Lipinski definition) is 2. The standard InChI is InChI=1S/C52H56N6O4S2/c1-3-29-57(51(61)47(39-13-7-5-8-14-39)55-49(59)41-17-11-18-41)33-45-53-31-43(63-45)37-25-21-35(22-26-37)36-23-27-38(28-24-36)44-32-54-46(64-44)34-58(30-4-2)52(62)48(40-15-9-6-10-16-40)56-50(60)42-19-12-20-42/h5-10,13-16,21-28,31-32,41-42,47-48H,3-4,11-12,17-20,29-30,33-34H2,1-2H3,(H,55,59)(H,56,60).